The molecule has 0 aliphatic carbocycles. The van der Waals surface area contributed by atoms with Crippen LogP contribution < -0.4 is 14.8 Å². The molecule has 0 bridgehead atoms. The van der Waals surface area contributed by atoms with Crippen LogP contribution in [-0.2, 0) is 16.0 Å². The molecule has 0 atom stereocenters. The Balaban J connectivity index is 1.50. The summed E-state index contributed by atoms with van der Waals surface area (Å²) in [5.74, 6) is 0.564. The van der Waals surface area contributed by atoms with Crippen LogP contribution in [0.25, 0.3) is 0 Å². The van der Waals surface area contributed by atoms with E-state index in [4.69, 9.17) is 30.5 Å². The van der Waals surface area contributed by atoms with Crippen LogP contribution >= 0.6 is 11.6 Å². The zero-order valence-corrected chi connectivity index (χ0v) is 17.0. The van der Waals surface area contributed by atoms with Crippen molar-refractivity contribution < 1.29 is 23.7 Å². The van der Waals surface area contributed by atoms with E-state index in [9.17, 15) is 4.79 Å². The van der Waals surface area contributed by atoms with Crippen LogP contribution in [0.5, 0.6) is 11.8 Å². The molecule has 0 aromatic carbocycles. The van der Waals surface area contributed by atoms with Gasteiger partial charge in [0.2, 0.25) is 11.8 Å². The molecule has 3 heterocycles. The quantitative estimate of drug-likeness (QED) is 0.622. The largest absolute Gasteiger partial charge is 0.475 e. The van der Waals surface area contributed by atoms with Crippen LogP contribution in [0.15, 0.2) is 30.6 Å². The van der Waals surface area contributed by atoms with Crippen LogP contribution in [-0.4, -0.2) is 55.5 Å². The number of halogens is 1. The summed E-state index contributed by atoms with van der Waals surface area (Å²) in [5.41, 5.74) is 1.21. The number of ether oxygens (including phenoxy) is 4. The van der Waals surface area contributed by atoms with Gasteiger partial charge in [0.15, 0.2) is 0 Å². The van der Waals surface area contributed by atoms with Crippen LogP contribution in [0.2, 0.25) is 5.02 Å². The van der Waals surface area contributed by atoms with Gasteiger partial charge in [-0.05, 0) is 11.6 Å². The molecule has 3 rings (SSSR count). The second-order valence-electron chi connectivity index (χ2n) is 6.47. The molecule has 0 spiro atoms. The van der Waals surface area contributed by atoms with Crippen molar-refractivity contribution in [3.05, 3.63) is 46.7 Å². The number of aromatic nitrogens is 2. The van der Waals surface area contributed by atoms with Gasteiger partial charge in [-0.2, -0.15) is 0 Å². The number of carbonyl (C=O) groups is 1. The van der Waals surface area contributed by atoms with Crippen molar-refractivity contribution >= 4 is 17.5 Å². The predicted octanol–water partition coefficient (Wildman–Crippen LogP) is 2.64. The Hall–Kier alpha value is -2.42. The summed E-state index contributed by atoms with van der Waals surface area (Å²) in [6.07, 6.45) is 4.73. The molecule has 29 heavy (non-hydrogen) atoms. The second kappa shape index (κ2) is 10.9. The number of nitrogens with one attached hydrogen (secondary N) is 1. The molecule has 8 nitrogen and oxygen atoms in total. The smallest absolute Gasteiger partial charge is 0.253 e. The number of pyridine rings is 2. The van der Waals surface area contributed by atoms with Gasteiger partial charge in [-0.1, -0.05) is 17.7 Å². The number of methoxy groups -OCH3 is 1. The first kappa shape index (κ1) is 21.3. The summed E-state index contributed by atoms with van der Waals surface area (Å²) in [5, 5.41) is 3.13. The van der Waals surface area contributed by atoms with E-state index in [2.05, 4.69) is 15.3 Å². The number of hydrogen-bond donors (Lipinski definition) is 1. The van der Waals surface area contributed by atoms with Gasteiger partial charge in [-0.15, -0.1) is 0 Å². The number of rotatable bonds is 9. The van der Waals surface area contributed by atoms with Gasteiger partial charge in [0, 0.05) is 45.0 Å². The van der Waals surface area contributed by atoms with Gasteiger partial charge in [0.25, 0.3) is 5.91 Å². The Bertz CT molecular complexity index is 797. The first-order valence-electron chi connectivity index (χ1n) is 9.40. The lowest BCUT2D eigenvalue weighted by Crippen LogP contribution is -2.26. The number of carbonyl (C=O) groups excluding carboxylic acids is 1. The second-order valence-corrected chi connectivity index (χ2v) is 6.88. The van der Waals surface area contributed by atoms with Crippen molar-refractivity contribution in [1.29, 1.82) is 0 Å². The van der Waals surface area contributed by atoms with E-state index in [1.165, 1.54) is 6.20 Å². The van der Waals surface area contributed by atoms with Crippen LogP contribution in [0.1, 0.15) is 28.8 Å². The molecule has 0 saturated carbocycles. The van der Waals surface area contributed by atoms with E-state index >= 15 is 0 Å². The fourth-order valence-electron chi connectivity index (χ4n) is 2.70. The van der Waals surface area contributed by atoms with E-state index in [1.807, 2.05) is 6.07 Å². The van der Waals surface area contributed by atoms with Crippen molar-refractivity contribution in [2.75, 3.05) is 33.5 Å². The molecule has 1 aliphatic rings. The zero-order valence-electron chi connectivity index (χ0n) is 16.2. The molecule has 1 fully saturated rings. The molecule has 2 aromatic heterocycles. The highest BCUT2D eigenvalue weighted by Gasteiger charge is 2.18. The molecule has 1 N–H and O–H groups in total. The molecule has 1 aliphatic heterocycles. The fraction of sp³-hybridized carbons (Fsp3) is 0.450. The third-order valence-corrected chi connectivity index (χ3v) is 4.58. The van der Waals surface area contributed by atoms with Gasteiger partial charge in [0.05, 0.1) is 25.4 Å². The van der Waals surface area contributed by atoms with Crippen molar-refractivity contribution in [2.45, 2.75) is 25.5 Å². The summed E-state index contributed by atoms with van der Waals surface area (Å²) >= 11 is 6.25. The van der Waals surface area contributed by atoms with Crippen LogP contribution in [0.3, 0.4) is 0 Å². The van der Waals surface area contributed by atoms with Crippen LogP contribution in [0, 0.1) is 0 Å². The van der Waals surface area contributed by atoms with Gasteiger partial charge in [0.1, 0.15) is 17.7 Å². The highest BCUT2D eigenvalue weighted by Crippen LogP contribution is 2.25. The molecular weight excluding hydrogens is 398 g/mol. The Morgan fingerprint density at radius 3 is 2.76 bits per heavy atom. The number of amides is 1. The molecule has 1 saturated heterocycles. The Morgan fingerprint density at radius 2 is 2.07 bits per heavy atom. The van der Waals surface area contributed by atoms with Crippen molar-refractivity contribution in [3.63, 3.8) is 0 Å². The molecule has 0 unspecified atom stereocenters. The Labute approximate surface area is 174 Å². The Morgan fingerprint density at radius 1 is 1.24 bits per heavy atom. The maximum Gasteiger partial charge on any atom is 0.253 e. The lowest BCUT2D eigenvalue weighted by Gasteiger charge is -2.23. The van der Waals surface area contributed by atoms with E-state index in [1.54, 1.807) is 25.4 Å². The van der Waals surface area contributed by atoms with Crippen molar-refractivity contribution in [3.8, 4) is 11.8 Å². The monoisotopic (exact) mass is 421 g/mol. The summed E-state index contributed by atoms with van der Waals surface area (Å²) in [6, 6.07) is 5.15. The lowest BCUT2D eigenvalue weighted by molar-refractivity contribution is 0.0238. The SMILES string of the molecule is COCCOc1ccc(CNC(=O)c2cnc(OC3CCOCC3)c(Cl)c2)cn1. The van der Waals surface area contributed by atoms with E-state index in [-0.39, 0.29) is 12.0 Å². The highest BCUT2D eigenvalue weighted by molar-refractivity contribution is 6.32. The van der Waals surface area contributed by atoms with Gasteiger partial charge in [-0.3, -0.25) is 4.79 Å². The number of nitrogens with zero attached hydrogens (tertiary/aromatic N) is 2. The predicted molar refractivity (Wildman–Crippen MR) is 106 cm³/mol. The first-order chi connectivity index (χ1) is 14.2. The minimum absolute atomic E-state index is 0.0300. The minimum Gasteiger partial charge on any atom is -0.475 e. The zero-order chi connectivity index (χ0) is 20.5. The maximum absolute atomic E-state index is 12.4. The average molecular weight is 422 g/mol. The van der Waals surface area contributed by atoms with Gasteiger partial charge < -0.3 is 24.3 Å². The molecule has 1 amide bonds. The van der Waals surface area contributed by atoms with E-state index < -0.39 is 0 Å². The average Bonchev–Trinajstić information content (AvgIpc) is 2.75. The normalized spacial score (nSPS) is 14.4. The summed E-state index contributed by atoms with van der Waals surface area (Å²) in [6.45, 7) is 2.58. The molecular formula is C20H24ClN3O5. The van der Waals surface area contributed by atoms with Crippen LogP contribution in [0.4, 0.5) is 0 Å². The molecule has 156 valence electrons. The third-order valence-electron chi connectivity index (χ3n) is 4.30. The topological polar surface area (TPSA) is 91.8 Å². The highest BCUT2D eigenvalue weighted by atomic mass is 35.5. The standard InChI is InChI=1S/C20H24ClN3O5/c1-26-8-9-28-18-3-2-14(11-22-18)12-23-19(25)15-10-17(21)20(24-13-15)29-16-4-6-27-7-5-16/h2-3,10-11,13,16H,4-9,12H2,1H3,(H,23,25). The fourth-order valence-corrected chi connectivity index (χ4v) is 2.91. The summed E-state index contributed by atoms with van der Waals surface area (Å²) in [7, 11) is 1.61. The van der Waals surface area contributed by atoms with E-state index in [0.29, 0.717) is 55.3 Å². The minimum atomic E-state index is -0.280. The molecule has 2 aromatic rings. The summed E-state index contributed by atoms with van der Waals surface area (Å²) in [4.78, 5) is 20.8. The van der Waals surface area contributed by atoms with Crippen molar-refractivity contribution in [1.82, 2.24) is 15.3 Å². The summed E-state index contributed by atoms with van der Waals surface area (Å²) < 4.78 is 21.5. The maximum atomic E-state index is 12.4. The Kier molecular flexibility index (Phi) is 8.03. The van der Waals surface area contributed by atoms with E-state index in [0.717, 1.165) is 18.4 Å². The first-order valence-corrected chi connectivity index (χ1v) is 9.78. The lowest BCUT2D eigenvalue weighted by atomic mass is 10.1. The number of hydrogen-bond acceptors (Lipinski definition) is 7. The third kappa shape index (κ3) is 6.56. The van der Waals surface area contributed by atoms with Gasteiger partial charge >= 0.3 is 0 Å². The van der Waals surface area contributed by atoms with Gasteiger partial charge in [-0.25, -0.2) is 9.97 Å². The molecule has 9 heteroatoms. The van der Waals surface area contributed by atoms with Crippen molar-refractivity contribution in [2.24, 2.45) is 0 Å². The molecule has 0 radical (unpaired) electrons.